The molecule has 1 aromatic carbocycles. The van der Waals surface area contributed by atoms with Gasteiger partial charge in [0.25, 0.3) is 5.56 Å². The van der Waals surface area contributed by atoms with Gasteiger partial charge in [-0.15, -0.1) is 0 Å². The predicted octanol–water partition coefficient (Wildman–Crippen LogP) is 1.18. The van der Waals surface area contributed by atoms with Crippen molar-refractivity contribution in [3.63, 3.8) is 0 Å². The molecule has 1 aliphatic rings. The molecule has 0 amide bonds. The number of H-pyrrole nitrogens is 1. The monoisotopic (exact) mass is 527 g/mol. The minimum atomic E-state index is -2.67. The van der Waals surface area contributed by atoms with Gasteiger partial charge in [-0.1, -0.05) is 16.9 Å². The Hall–Kier alpha value is -3.12. The van der Waals surface area contributed by atoms with Gasteiger partial charge in [-0.05, 0) is 39.8 Å². The number of aliphatic hydroxyl groups excluding tert-OH is 1. The van der Waals surface area contributed by atoms with Crippen LogP contribution in [-0.4, -0.2) is 57.3 Å². The van der Waals surface area contributed by atoms with Crippen molar-refractivity contribution >= 4 is 14.1 Å². The summed E-state index contributed by atoms with van der Waals surface area (Å²) in [6.45, 7) is 5.47. The summed E-state index contributed by atoms with van der Waals surface area (Å²) in [5.41, 5.74) is -3.96. The summed E-state index contributed by atoms with van der Waals surface area (Å²) in [5, 5.41) is 10.5. The molecule has 0 aliphatic carbocycles. The normalized spacial score (nSPS) is 25.0. The number of aromatic amines is 1. The Labute approximate surface area is 206 Å². The van der Waals surface area contributed by atoms with Gasteiger partial charge in [-0.3, -0.25) is 18.9 Å². The van der Waals surface area contributed by atoms with E-state index < -0.39 is 55.5 Å². The van der Waals surface area contributed by atoms with Crippen LogP contribution in [-0.2, 0) is 14.3 Å². The van der Waals surface area contributed by atoms with Crippen LogP contribution in [0.4, 0.5) is 4.39 Å². The molecule has 2 unspecified atom stereocenters. The van der Waals surface area contributed by atoms with Crippen LogP contribution in [0.25, 0.3) is 0 Å². The first-order valence-corrected chi connectivity index (χ1v) is 12.2. The van der Waals surface area contributed by atoms with Crippen LogP contribution in [0, 0.1) is 0 Å². The Morgan fingerprint density at radius 3 is 2.61 bits per heavy atom. The van der Waals surface area contributed by atoms with Gasteiger partial charge < -0.3 is 24.2 Å². The highest BCUT2D eigenvalue weighted by atomic mass is 31.1. The van der Waals surface area contributed by atoms with Crippen LogP contribution < -0.4 is 25.4 Å². The molecule has 0 saturated carbocycles. The van der Waals surface area contributed by atoms with E-state index in [1.807, 2.05) is 4.98 Å². The molecule has 6 atom stereocenters. The molecule has 0 spiro atoms. The largest absolute Gasteiger partial charge is 0.575 e. The van der Waals surface area contributed by atoms with Crippen molar-refractivity contribution in [2.45, 2.75) is 63.9 Å². The molecule has 1 fully saturated rings. The number of para-hydroxylation sites is 2. The highest BCUT2D eigenvalue weighted by Crippen LogP contribution is 2.41. The molecule has 1 saturated heterocycles. The van der Waals surface area contributed by atoms with Gasteiger partial charge in [0.05, 0.1) is 6.10 Å². The van der Waals surface area contributed by atoms with Crippen molar-refractivity contribution < 1.29 is 37.9 Å². The molecule has 2 heterocycles. The molecule has 2 aromatic rings. The average Bonchev–Trinajstić information content (AvgIpc) is 3.01. The van der Waals surface area contributed by atoms with Crippen LogP contribution in [0.1, 0.15) is 33.9 Å². The fourth-order valence-corrected chi connectivity index (χ4v) is 4.15. The number of carbonyl (C=O) groups is 1. The third-order valence-electron chi connectivity index (χ3n) is 5.21. The second-order valence-corrected chi connectivity index (χ2v) is 9.39. The van der Waals surface area contributed by atoms with Gasteiger partial charge in [-0.2, -0.15) is 0 Å². The van der Waals surface area contributed by atoms with E-state index in [0.29, 0.717) is 0 Å². The average molecular weight is 527 g/mol. The third-order valence-corrected chi connectivity index (χ3v) is 6.10. The lowest BCUT2D eigenvalue weighted by molar-refractivity contribution is -0.170. The van der Waals surface area contributed by atoms with Crippen molar-refractivity contribution in [3.05, 3.63) is 57.4 Å². The number of rotatable bonds is 9. The summed E-state index contributed by atoms with van der Waals surface area (Å²) in [6, 6.07) is 6.11. The van der Waals surface area contributed by atoms with Gasteiger partial charge in [-0.25, -0.2) is 14.0 Å². The zero-order chi connectivity index (χ0) is 26.6. The molecule has 3 rings (SSSR count). The van der Waals surface area contributed by atoms with Crippen LogP contribution >= 0.6 is 8.17 Å². The highest BCUT2D eigenvalue weighted by molar-refractivity contribution is 7.34. The molecular formula is C22H27FN3O9P. The number of halogens is 1. The highest BCUT2D eigenvalue weighted by Gasteiger charge is 2.55. The van der Waals surface area contributed by atoms with Crippen molar-refractivity contribution in [1.82, 2.24) is 9.55 Å². The first kappa shape index (κ1) is 27.5. The number of carbonyl (C=O) groups excluding carboxylic acids is 1. The van der Waals surface area contributed by atoms with Crippen LogP contribution in [0.3, 0.4) is 0 Å². The topological polar surface area (TPSA) is 164 Å². The van der Waals surface area contributed by atoms with Gasteiger partial charge in [0, 0.05) is 12.3 Å². The number of benzene rings is 1. The van der Waals surface area contributed by atoms with Crippen molar-refractivity contribution in [3.8, 4) is 11.5 Å². The number of aliphatic hydroxyl groups is 1. The molecular weight excluding hydrogens is 500 g/mol. The molecule has 36 heavy (non-hydrogen) atoms. The minimum absolute atomic E-state index is 0.0238. The van der Waals surface area contributed by atoms with Crippen molar-refractivity contribution in [2.75, 3.05) is 6.61 Å². The molecule has 2 N–H and O–H groups in total. The lowest BCUT2D eigenvalue weighted by Gasteiger charge is -2.24. The molecule has 1 aliphatic heterocycles. The quantitative estimate of drug-likeness (QED) is 0.360. The zero-order valence-corrected chi connectivity index (χ0v) is 20.9. The Kier molecular flexibility index (Phi) is 8.62. The summed E-state index contributed by atoms with van der Waals surface area (Å²) in [6.07, 6.45) is -3.71. The number of nitrogens with zero attached hydrogens (tertiary/aromatic N) is 2. The molecule has 0 radical (unpaired) electrons. The molecule has 14 heteroatoms. The van der Waals surface area contributed by atoms with E-state index in [-0.39, 0.29) is 24.2 Å². The fourth-order valence-electron chi connectivity index (χ4n) is 3.41. The van der Waals surface area contributed by atoms with E-state index in [1.165, 1.54) is 19.1 Å². The SMILES string of the molecule is CC(C)OC(=O)C(C)N=[P+]([O-])Oc1ccccc1OC[C@H]1O[C@@H](n2ccc(=O)[nH]c2=O)[C@](C)(F)[C@@H]1O. The number of aromatic nitrogens is 2. The van der Waals surface area contributed by atoms with Crippen LogP contribution in [0.15, 0.2) is 50.9 Å². The van der Waals surface area contributed by atoms with Gasteiger partial charge in [0.1, 0.15) is 18.8 Å². The summed E-state index contributed by atoms with van der Waals surface area (Å²) in [4.78, 5) is 49.6. The van der Waals surface area contributed by atoms with Gasteiger partial charge in [0.15, 0.2) is 23.7 Å². The summed E-state index contributed by atoms with van der Waals surface area (Å²) >= 11 is 0. The standard InChI is InChI=1S/C22H27FN3O9P/c1-12(2)33-19(29)13(3)25-36(31)35-15-8-6-5-7-14(15)32-11-16-18(28)22(4,23)20(34-16)26-10-9-17(27)24-21(26)30/h5-10,12-13,16,18,20,28H,11H2,1-4H3,(H,24,27,30)/t13?,16-,18-,20-,22-/m1/s1. The Balaban J connectivity index is 1.71. The predicted molar refractivity (Wildman–Crippen MR) is 123 cm³/mol. The van der Waals surface area contributed by atoms with E-state index >= 15 is 4.39 Å². The van der Waals surface area contributed by atoms with E-state index in [2.05, 4.69) is 4.74 Å². The lowest BCUT2D eigenvalue weighted by atomic mass is 9.98. The zero-order valence-electron chi connectivity index (χ0n) is 20.0. The van der Waals surface area contributed by atoms with E-state index in [1.54, 1.807) is 26.0 Å². The third kappa shape index (κ3) is 6.35. The Morgan fingerprint density at radius 2 is 1.97 bits per heavy atom. The maximum atomic E-state index is 15.3. The Morgan fingerprint density at radius 1 is 1.31 bits per heavy atom. The number of hydrogen-bond acceptors (Lipinski definition) is 10. The molecule has 1 aromatic heterocycles. The van der Waals surface area contributed by atoms with Gasteiger partial charge >= 0.3 is 19.8 Å². The molecule has 12 nitrogen and oxygen atoms in total. The van der Waals surface area contributed by atoms with Crippen molar-refractivity contribution in [2.24, 2.45) is 4.74 Å². The number of esters is 1. The number of hydrogen-bond donors (Lipinski definition) is 2. The second kappa shape index (κ2) is 11.3. The summed E-state index contributed by atoms with van der Waals surface area (Å²) < 4.78 is 41.5. The van der Waals surface area contributed by atoms with Crippen LogP contribution in [0.2, 0.25) is 0 Å². The Bertz CT molecular complexity index is 1230. The van der Waals surface area contributed by atoms with E-state index in [4.69, 9.17) is 18.7 Å². The van der Waals surface area contributed by atoms with Crippen LogP contribution in [0.5, 0.6) is 11.5 Å². The maximum Gasteiger partial charge on any atom is 0.395 e. The second-order valence-electron chi connectivity index (χ2n) is 8.50. The van der Waals surface area contributed by atoms with E-state index in [0.717, 1.165) is 23.8 Å². The summed E-state index contributed by atoms with van der Waals surface area (Å²) in [7, 11) is -2.67. The first-order valence-electron chi connectivity index (χ1n) is 11.0. The minimum Gasteiger partial charge on any atom is -0.575 e. The van der Waals surface area contributed by atoms with E-state index in [9.17, 15) is 24.4 Å². The summed E-state index contributed by atoms with van der Waals surface area (Å²) in [5.74, 6) is -0.538. The fraction of sp³-hybridized carbons (Fsp3) is 0.500. The lowest BCUT2D eigenvalue weighted by Crippen LogP contribution is -2.43. The number of nitrogens with one attached hydrogen (secondary N) is 1. The molecule has 0 bridgehead atoms. The number of alkyl halides is 1. The number of ether oxygens (including phenoxy) is 3. The maximum absolute atomic E-state index is 15.3. The van der Waals surface area contributed by atoms with Crippen molar-refractivity contribution in [1.29, 1.82) is 0 Å². The smallest absolute Gasteiger partial charge is 0.395 e. The first-order chi connectivity index (χ1) is 16.9. The van der Waals surface area contributed by atoms with Gasteiger partial charge in [0.2, 0.25) is 5.75 Å². The molecule has 196 valence electrons.